The van der Waals surface area contributed by atoms with Gasteiger partial charge in [0.2, 0.25) is 11.8 Å². The van der Waals surface area contributed by atoms with Crippen molar-refractivity contribution in [2.75, 3.05) is 11.5 Å². The first-order valence-corrected chi connectivity index (χ1v) is 11.8. The van der Waals surface area contributed by atoms with E-state index in [0.717, 1.165) is 36.8 Å². The van der Waals surface area contributed by atoms with Gasteiger partial charge in [0.05, 0.1) is 30.7 Å². The maximum atomic E-state index is 13.2. The highest BCUT2D eigenvalue weighted by Gasteiger charge is 2.24. The van der Waals surface area contributed by atoms with E-state index in [9.17, 15) is 14.4 Å². The largest absolute Gasteiger partial charge is 0.462 e. The lowest BCUT2D eigenvalue weighted by Gasteiger charge is -2.21. The minimum absolute atomic E-state index is 0.100. The molecule has 176 valence electrons. The first-order valence-electron chi connectivity index (χ1n) is 11.8. The molecule has 34 heavy (non-hydrogen) atoms. The number of unbranched alkanes of at least 4 members (excludes halogenated alkanes) is 3. The van der Waals surface area contributed by atoms with Crippen molar-refractivity contribution in [3.63, 3.8) is 0 Å². The fourth-order valence-corrected chi connectivity index (χ4v) is 3.65. The van der Waals surface area contributed by atoms with E-state index in [1.165, 1.54) is 4.90 Å². The Morgan fingerprint density at radius 3 is 1.71 bits per heavy atom. The highest BCUT2D eigenvalue weighted by Crippen LogP contribution is 2.20. The summed E-state index contributed by atoms with van der Waals surface area (Å²) in [6, 6.07) is 25.1. The second-order valence-electron chi connectivity index (χ2n) is 8.19. The van der Waals surface area contributed by atoms with Crippen molar-refractivity contribution in [2.24, 2.45) is 0 Å². The Balaban J connectivity index is 1.74. The van der Waals surface area contributed by atoms with Crippen LogP contribution in [-0.4, -0.2) is 24.4 Å². The topological polar surface area (TPSA) is 63.7 Å². The van der Waals surface area contributed by atoms with Crippen LogP contribution in [0.5, 0.6) is 0 Å². The van der Waals surface area contributed by atoms with Crippen LogP contribution in [0.3, 0.4) is 0 Å². The zero-order valence-corrected chi connectivity index (χ0v) is 19.6. The summed E-state index contributed by atoms with van der Waals surface area (Å²) in [4.78, 5) is 40.0. The van der Waals surface area contributed by atoms with Crippen molar-refractivity contribution in [1.82, 2.24) is 0 Å². The van der Waals surface area contributed by atoms with E-state index in [1.807, 2.05) is 60.7 Å². The van der Waals surface area contributed by atoms with Crippen molar-refractivity contribution in [3.8, 4) is 0 Å². The monoisotopic (exact) mass is 457 g/mol. The number of imide groups is 1. The van der Waals surface area contributed by atoms with Crippen molar-refractivity contribution in [3.05, 3.63) is 102 Å². The molecule has 3 aromatic carbocycles. The van der Waals surface area contributed by atoms with Crippen LogP contribution in [0.2, 0.25) is 0 Å². The Labute approximate surface area is 201 Å². The third kappa shape index (κ3) is 7.41. The van der Waals surface area contributed by atoms with Crippen molar-refractivity contribution in [2.45, 2.75) is 45.4 Å². The number of benzene rings is 3. The van der Waals surface area contributed by atoms with Crippen LogP contribution >= 0.6 is 0 Å². The fraction of sp³-hybridized carbons (Fsp3) is 0.276. The normalized spacial score (nSPS) is 10.5. The number of hydrogen-bond acceptors (Lipinski definition) is 4. The molecule has 0 radical (unpaired) electrons. The van der Waals surface area contributed by atoms with E-state index in [1.54, 1.807) is 24.3 Å². The number of hydrogen-bond donors (Lipinski definition) is 0. The lowest BCUT2D eigenvalue weighted by atomic mass is 10.1. The molecular weight excluding hydrogens is 426 g/mol. The Morgan fingerprint density at radius 1 is 0.676 bits per heavy atom. The molecular formula is C29H31NO4. The zero-order chi connectivity index (χ0) is 24.2. The third-order valence-electron chi connectivity index (χ3n) is 5.49. The number of amides is 2. The maximum Gasteiger partial charge on any atom is 0.338 e. The third-order valence-corrected chi connectivity index (χ3v) is 5.49. The van der Waals surface area contributed by atoms with Gasteiger partial charge in [0.1, 0.15) is 0 Å². The predicted octanol–water partition coefficient (Wildman–Crippen LogP) is 5.77. The molecule has 0 unspecified atom stereocenters. The van der Waals surface area contributed by atoms with Gasteiger partial charge in [-0.15, -0.1) is 0 Å². The van der Waals surface area contributed by atoms with E-state index in [0.29, 0.717) is 17.9 Å². The summed E-state index contributed by atoms with van der Waals surface area (Å²) >= 11 is 0. The lowest BCUT2D eigenvalue weighted by molar-refractivity contribution is -0.125. The van der Waals surface area contributed by atoms with Gasteiger partial charge >= 0.3 is 5.97 Å². The van der Waals surface area contributed by atoms with Crippen LogP contribution < -0.4 is 4.90 Å². The quantitative estimate of drug-likeness (QED) is 0.271. The molecule has 0 bridgehead atoms. The van der Waals surface area contributed by atoms with Crippen LogP contribution in [0.1, 0.15) is 54.1 Å². The van der Waals surface area contributed by atoms with Crippen LogP contribution in [0.15, 0.2) is 84.9 Å². The number of rotatable bonds is 11. The van der Waals surface area contributed by atoms with Gasteiger partial charge in [0.25, 0.3) is 0 Å². The summed E-state index contributed by atoms with van der Waals surface area (Å²) in [6.45, 7) is 2.52. The molecule has 0 aromatic heterocycles. The van der Waals surface area contributed by atoms with Gasteiger partial charge in [-0.25, -0.2) is 4.79 Å². The van der Waals surface area contributed by atoms with Gasteiger partial charge in [0, 0.05) is 0 Å². The second kappa shape index (κ2) is 13.1. The average Bonchev–Trinajstić information content (AvgIpc) is 2.85. The number of nitrogens with zero attached hydrogens (tertiary/aromatic N) is 1. The minimum atomic E-state index is -0.402. The average molecular weight is 458 g/mol. The van der Waals surface area contributed by atoms with Crippen LogP contribution in [-0.2, 0) is 27.2 Å². The highest BCUT2D eigenvalue weighted by atomic mass is 16.5. The summed E-state index contributed by atoms with van der Waals surface area (Å²) < 4.78 is 5.34. The molecule has 0 saturated heterocycles. The summed E-state index contributed by atoms with van der Waals surface area (Å²) in [5.41, 5.74) is 2.48. The van der Waals surface area contributed by atoms with Crippen LogP contribution in [0.4, 0.5) is 5.69 Å². The Bertz CT molecular complexity index is 1010. The van der Waals surface area contributed by atoms with Gasteiger partial charge < -0.3 is 4.74 Å². The SMILES string of the molecule is CCCCCCOC(=O)c1ccc(N(C(=O)Cc2ccccc2)C(=O)Cc2ccccc2)cc1. The molecule has 0 aliphatic heterocycles. The second-order valence-corrected chi connectivity index (χ2v) is 8.19. The fourth-order valence-electron chi connectivity index (χ4n) is 3.65. The summed E-state index contributed by atoms with van der Waals surface area (Å²) in [5.74, 6) is -1.04. The molecule has 0 N–H and O–H groups in total. The van der Waals surface area contributed by atoms with E-state index in [-0.39, 0.29) is 24.7 Å². The van der Waals surface area contributed by atoms with Gasteiger partial charge in [-0.2, -0.15) is 0 Å². The smallest absolute Gasteiger partial charge is 0.338 e. The van der Waals surface area contributed by atoms with Gasteiger partial charge in [-0.3, -0.25) is 14.5 Å². The van der Waals surface area contributed by atoms with Crippen LogP contribution in [0.25, 0.3) is 0 Å². The Kier molecular flexibility index (Phi) is 9.59. The predicted molar refractivity (Wildman–Crippen MR) is 134 cm³/mol. The molecule has 0 spiro atoms. The van der Waals surface area contributed by atoms with E-state index in [4.69, 9.17) is 4.74 Å². The Morgan fingerprint density at radius 2 is 1.21 bits per heavy atom. The van der Waals surface area contributed by atoms with Crippen molar-refractivity contribution < 1.29 is 19.1 Å². The van der Waals surface area contributed by atoms with E-state index < -0.39 is 5.97 Å². The van der Waals surface area contributed by atoms with Crippen LogP contribution in [0, 0.1) is 0 Å². The first-order chi connectivity index (χ1) is 16.6. The van der Waals surface area contributed by atoms with Crippen molar-refractivity contribution >= 4 is 23.5 Å². The molecule has 0 fully saturated rings. The molecule has 3 rings (SSSR count). The molecule has 0 aliphatic rings. The maximum absolute atomic E-state index is 13.2. The number of carbonyl (C=O) groups excluding carboxylic acids is 3. The Hall–Kier alpha value is -3.73. The number of anilines is 1. The number of carbonyl (C=O) groups is 3. The summed E-state index contributed by atoms with van der Waals surface area (Å²) in [6.07, 6.45) is 4.32. The molecule has 0 aliphatic carbocycles. The van der Waals surface area contributed by atoms with Crippen molar-refractivity contribution in [1.29, 1.82) is 0 Å². The molecule has 0 heterocycles. The van der Waals surface area contributed by atoms with Gasteiger partial charge in [0.15, 0.2) is 0 Å². The number of esters is 1. The van der Waals surface area contributed by atoms with E-state index in [2.05, 4.69) is 6.92 Å². The lowest BCUT2D eigenvalue weighted by Crippen LogP contribution is -2.39. The standard InChI is InChI=1S/C29H31NO4/c1-2-3-4-11-20-34-29(33)25-16-18-26(19-17-25)30(27(31)21-23-12-7-5-8-13-23)28(32)22-24-14-9-6-10-15-24/h5-10,12-19H,2-4,11,20-22H2,1H3. The number of ether oxygens (including phenoxy) is 1. The van der Waals surface area contributed by atoms with Gasteiger partial charge in [-0.05, 0) is 41.8 Å². The molecule has 3 aromatic rings. The van der Waals surface area contributed by atoms with Gasteiger partial charge in [-0.1, -0.05) is 86.8 Å². The molecule has 2 amide bonds. The summed E-state index contributed by atoms with van der Waals surface area (Å²) in [5, 5.41) is 0. The first kappa shape index (κ1) is 24.9. The summed E-state index contributed by atoms with van der Waals surface area (Å²) in [7, 11) is 0. The molecule has 0 atom stereocenters. The molecule has 0 saturated carbocycles. The molecule has 5 nitrogen and oxygen atoms in total. The highest BCUT2D eigenvalue weighted by molar-refractivity contribution is 6.16. The zero-order valence-electron chi connectivity index (χ0n) is 19.6. The minimum Gasteiger partial charge on any atom is -0.462 e. The van der Waals surface area contributed by atoms with E-state index >= 15 is 0 Å². The molecule has 5 heteroatoms.